The number of benzene rings is 2. The van der Waals surface area contributed by atoms with Gasteiger partial charge in [0.25, 0.3) is 11.8 Å². The van der Waals surface area contributed by atoms with E-state index in [2.05, 4.69) is 5.32 Å². The average molecular weight is 352 g/mol. The van der Waals surface area contributed by atoms with Crippen molar-refractivity contribution in [2.45, 2.75) is 26.2 Å². The molecule has 0 spiro atoms. The van der Waals surface area contributed by atoms with E-state index in [-0.39, 0.29) is 11.8 Å². The van der Waals surface area contributed by atoms with Crippen molar-refractivity contribution in [3.63, 3.8) is 0 Å². The Balaban J connectivity index is 1.62. The fourth-order valence-electron chi connectivity index (χ4n) is 3.05. The molecule has 136 valence electrons. The van der Waals surface area contributed by atoms with Gasteiger partial charge in [-0.15, -0.1) is 0 Å². The Morgan fingerprint density at radius 3 is 2.15 bits per heavy atom. The standard InChI is InChI=1S/C21H24N2O3/c1-2-26-19-12-10-18(11-13-19)22-20(24)16-6-8-17(9-7-16)21(25)23-14-4-3-5-15-23/h6-13H,2-5,14-15H2,1H3,(H,22,24). The van der Waals surface area contributed by atoms with Crippen molar-refractivity contribution < 1.29 is 14.3 Å². The van der Waals surface area contributed by atoms with Crippen molar-refractivity contribution in [3.05, 3.63) is 59.7 Å². The second-order valence-electron chi connectivity index (χ2n) is 6.34. The van der Waals surface area contributed by atoms with Gasteiger partial charge in [0.05, 0.1) is 6.61 Å². The van der Waals surface area contributed by atoms with Crippen LogP contribution < -0.4 is 10.1 Å². The molecule has 26 heavy (non-hydrogen) atoms. The number of amides is 2. The number of carbonyl (C=O) groups is 2. The van der Waals surface area contributed by atoms with E-state index in [9.17, 15) is 9.59 Å². The molecule has 0 unspecified atom stereocenters. The first-order chi connectivity index (χ1) is 12.7. The lowest BCUT2D eigenvalue weighted by Gasteiger charge is -2.26. The Morgan fingerprint density at radius 1 is 0.923 bits per heavy atom. The van der Waals surface area contributed by atoms with Crippen molar-refractivity contribution in [3.8, 4) is 5.75 Å². The van der Waals surface area contributed by atoms with Crippen molar-refractivity contribution >= 4 is 17.5 Å². The molecule has 3 rings (SSSR count). The first kappa shape index (κ1) is 18.0. The van der Waals surface area contributed by atoms with Crippen LogP contribution in [0.25, 0.3) is 0 Å². The summed E-state index contributed by atoms with van der Waals surface area (Å²) in [6, 6.07) is 14.1. The van der Waals surface area contributed by atoms with Crippen LogP contribution in [0.3, 0.4) is 0 Å². The highest BCUT2D eigenvalue weighted by atomic mass is 16.5. The van der Waals surface area contributed by atoms with E-state index in [0.717, 1.165) is 31.7 Å². The van der Waals surface area contributed by atoms with E-state index in [1.165, 1.54) is 6.42 Å². The van der Waals surface area contributed by atoms with Crippen molar-refractivity contribution in [2.24, 2.45) is 0 Å². The molecule has 1 heterocycles. The Labute approximate surface area is 154 Å². The number of hydrogen-bond acceptors (Lipinski definition) is 3. The van der Waals surface area contributed by atoms with Crippen LogP contribution in [0.5, 0.6) is 5.75 Å². The summed E-state index contributed by atoms with van der Waals surface area (Å²) in [7, 11) is 0. The number of anilines is 1. The van der Waals surface area contributed by atoms with E-state index in [4.69, 9.17) is 4.74 Å². The fourth-order valence-corrected chi connectivity index (χ4v) is 3.05. The summed E-state index contributed by atoms with van der Waals surface area (Å²) in [5.74, 6) is 0.611. The molecule has 2 aromatic rings. The van der Waals surface area contributed by atoms with Crippen LogP contribution in [0.15, 0.2) is 48.5 Å². The smallest absolute Gasteiger partial charge is 0.255 e. The molecule has 0 bridgehead atoms. The maximum absolute atomic E-state index is 12.5. The molecule has 2 aromatic carbocycles. The van der Waals surface area contributed by atoms with Crippen LogP contribution in [0.2, 0.25) is 0 Å². The van der Waals surface area contributed by atoms with Crippen LogP contribution in [0.4, 0.5) is 5.69 Å². The van der Waals surface area contributed by atoms with Gasteiger partial charge >= 0.3 is 0 Å². The molecule has 2 amide bonds. The van der Waals surface area contributed by atoms with Gasteiger partial charge in [-0.05, 0) is 74.7 Å². The number of nitrogens with one attached hydrogen (secondary N) is 1. The molecule has 1 aliphatic rings. The van der Waals surface area contributed by atoms with Crippen molar-refractivity contribution in [2.75, 3.05) is 25.0 Å². The van der Waals surface area contributed by atoms with Gasteiger partial charge in [0.1, 0.15) is 5.75 Å². The van der Waals surface area contributed by atoms with E-state index in [1.807, 2.05) is 24.0 Å². The Bertz CT molecular complexity index is 748. The lowest BCUT2D eigenvalue weighted by atomic mass is 10.1. The summed E-state index contributed by atoms with van der Waals surface area (Å²) in [6.45, 7) is 4.17. The summed E-state index contributed by atoms with van der Waals surface area (Å²) < 4.78 is 5.39. The molecule has 0 atom stereocenters. The minimum Gasteiger partial charge on any atom is -0.494 e. The number of piperidine rings is 1. The number of nitrogens with zero attached hydrogens (tertiary/aromatic N) is 1. The highest BCUT2D eigenvalue weighted by molar-refractivity contribution is 6.05. The zero-order chi connectivity index (χ0) is 18.4. The fraction of sp³-hybridized carbons (Fsp3) is 0.333. The highest BCUT2D eigenvalue weighted by Gasteiger charge is 2.18. The number of rotatable bonds is 5. The van der Waals surface area contributed by atoms with Gasteiger partial charge in [0, 0.05) is 29.9 Å². The molecular formula is C21H24N2O3. The number of ether oxygens (including phenoxy) is 1. The number of carbonyl (C=O) groups excluding carboxylic acids is 2. The quantitative estimate of drug-likeness (QED) is 0.886. The van der Waals surface area contributed by atoms with Gasteiger partial charge in [-0.1, -0.05) is 0 Å². The third kappa shape index (κ3) is 4.42. The zero-order valence-corrected chi connectivity index (χ0v) is 15.0. The molecule has 1 aliphatic heterocycles. The third-order valence-corrected chi connectivity index (χ3v) is 4.46. The van der Waals surface area contributed by atoms with Gasteiger partial charge < -0.3 is 15.0 Å². The minimum atomic E-state index is -0.203. The second-order valence-corrected chi connectivity index (χ2v) is 6.34. The van der Waals surface area contributed by atoms with E-state index in [0.29, 0.717) is 23.4 Å². The van der Waals surface area contributed by atoms with Crippen molar-refractivity contribution in [1.82, 2.24) is 4.90 Å². The lowest BCUT2D eigenvalue weighted by Crippen LogP contribution is -2.35. The number of likely N-dealkylation sites (tertiary alicyclic amines) is 1. The monoisotopic (exact) mass is 352 g/mol. The first-order valence-corrected chi connectivity index (χ1v) is 9.11. The molecule has 0 saturated carbocycles. The molecule has 5 heteroatoms. The summed E-state index contributed by atoms with van der Waals surface area (Å²) in [4.78, 5) is 26.7. The summed E-state index contributed by atoms with van der Waals surface area (Å²) in [5, 5.41) is 2.85. The third-order valence-electron chi connectivity index (χ3n) is 4.46. The zero-order valence-electron chi connectivity index (χ0n) is 15.0. The Hall–Kier alpha value is -2.82. The maximum Gasteiger partial charge on any atom is 0.255 e. The molecule has 5 nitrogen and oxygen atoms in total. The molecule has 1 N–H and O–H groups in total. The highest BCUT2D eigenvalue weighted by Crippen LogP contribution is 2.17. The van der Waals surface area contributed by atoms with E-state index < -0.39 is 0 Å². The van der Waals surface area contributed by atoms with Crippen LogP contribution in [-0.2, 0) is 0 Å². The molecule has 0 aromatic heterocycles. The first-order valence-electron chi connectivity index (χ1n) is 9.11. The van der Waals surface area contributed by atoms with E-state index in [1.54, 1.807) is 36.4 Å². The maximum atomic E-state index is 12.5. The molecule has 0 aliphatic carbocycles. The lowest BCUT2D eigenvalue weighted by molar-refractivity contribution is 0.0724. The second kappa shape index (κ2) is 8.52. The largest absolute Gasteiger partial charge is 0.494 e. The molecule has 0 radical (unpaired) electrons. The minimum absolute atomic E-state index is 0.0446. The summed E-state index contributed by atoms with van der Waals surface area (Å²) in [6.07, 6.45) is 3.32. The topological polar surface area (TPSA) is 58.6 Å². The predicted molar refractivity (Wildman–Crippen MR) is 102 cm³/mol. The normalized spacial score (nSPS) is 14.0. The number of hydrogen-bond donors (Lipinski definition) is 1. The average Bonchev–Trinajstić information content (AvgIpc) is 2.70. The predicted octanol–water partition coefficient (Wildman–Crippen LogP) is 3.96. The van der Waals surface area contributed by atoms with Gasteiger partial charge in [0.15, 0.2) is 0 Å². The Morgan fingerprint density at radius 2 is 1.54 bits per heavy atom. The van der Waals surface area contributed by atoms with Crippen LogP contribution in [0, 0.1) is 0 Å². The summed E-state index contributed by atoms with van der Waals surface area (Å²) >= 11 is 0. The van der Waals surface area contributed by atoms with Gasteiger partial charge in [0.2, 0.25) is 0 Å². The molecular weight excluding hydrogens is 328 g/mol. The molecule has 1 fully saturated rings. The van der Waals surface area contributed by atoms with E-state index >= 15 is 0 Å². The van der Waals surface area contributed by atoms with Gasteiger partial charge in [-0.2, -0.15) is 0 Å². The van der Waals surface area contributed by atoms with Crippen LogP contribution >= 0.6 is 0 Å². The van der Waals surface area contributed by atoms with Crippen molar-refractivity contribution in [1.29, 1.82) is 0 Å². The SMILES string of the molecule is CCOc1ccc(NC(=O)c2ccc(C(=O)N3CCCCC3)cc2)cc1. The van der Waals surface area contributed by atoms with Gasteiger partial charge in [-0.3, -0.25) is 9.59 Å². The van der Waals surface area contributed by atoms with Crippen LogP contribution in [0.1, 0.15) is 46.9 Å². The molecule has 1 saturated heterocycles. The Kier molecular flexibility index (Phi) is 5.89. The summed E-state index contributed by atoms with van der Waals surface area (Å²) in [5.41, 5.74) is 1.85. The van der Waals surface area contributed by atoms with Crippen LogP contribution in [-0.4, -0.2) is 36.4 Å². The van der Waals surface area contributed by atoms with Gasteiger partial charge in [-0.25, -0.2) is 0 Å².